The number of carbonyl (C=O) groups is 1. The van der Waals surface area contributed by atoms with Gasteiger partial charge in [0.2, 0.25) is 5.91 Å². The minimum atomic E-state index is -0.0237. The number of hydrogen-bond donors (Lipinski definition) is 2. The molecule has 76 valence electrons. The van der Waals surface area contributed by atoms with E-state index in [2.05, 4.69) is 12.2 Å². The van der Waals surface area contributed by atoms with Gasteiger partial charge in [0, 0.05) is 5.54 Å². The third-order valence-electron chi connectivity index (χ3n) is 2.83. The van der Waals surface area contributed by atoms with E-state index >= 15 is 0 Å². The summed E-state index contributed by atoms with van der Waals surface area (Å²) < 4.78 is 0. The molecular weight excluding hydrogens is 164 g/mol. The molecule has 0 bridgehead atoms. The van der Waals surface area contributed by atoms with Crippen LogP contribution in [-0.2, 0) is 4.79 Å². The van der Waals surface area contributed by atoms with Crippen molar-refractivity contribution in [2.45, 2.75) is 51.0 Å². The average molecular weight is 184 g/mol. The van der Waals surface area contributed by atoms with E-state index in [1.165, 1.54) is 25.7 Å². The van der Waals surface area contributed by atoms with Gasteiger partial charge in [-0.05, 0) is 19.8 Å². The summed E-state index contributed by atoms with van der Waals surface area (Å²) in [6, 6.07) is 0. The van der Waals surface area contributed by atoms with Crippen molar-refractivity contribution in [1.29, 1.82) is 0 Å². The first kappa shape index (κ1) is 10.5. The molecule has 1 aliphatic rings. The van der Waals surface area contributed by atoms with Crippen LogP contribution in [0.15, 0.2) is 0 Å². The largest absolute Gasteiger partial charge is 0.350 e. The van der Waals surface area contributed by atoms with Gasteiger partial charge in [-0.1, -0.05) is 25.7 Å². The second kappa shape index (κ2) is 4.61. The molecule has 0 aromatic rings. The molecule has 1 aliphatic carbocycles. The van der Waals surface area contributed by atoms with Crippen LogP contribution < -0.4 is 11.1 Å². The second-order valence-electron chi connectivity index (χ2n) is 4.23. The van der Waals surface area contributed by atoms with E-state index in [0.717, 1.165) is 12.8 Å². The second-order valence-corrected chi connectivity index (χ2v) is 4.23. The number of nitrogens with two attached hydrogens (primary N) is 1. The van der Waals surface area contributed by atoms with Gasteiger partial charge >= 0.3 is 0 Å². The predicted molar refractivity (Wildman–Crippen MR) is 53.3 cm³/mol. The molecule has 1 amide bonds. The van der Waals surface area contributed by atoms with E-state index < -0.39 is 0 Å². The van der Waals surface area contributed by atoms with Crippen molar-refractivity contribution in [3.63, 3.8) is 0 Å². The maximum atomic E-state index is 11.2. The highest BCUT2D eigenvalue weighted by molar-refractivity contribution is 5.78. The van der Waals surface area contributed by atoms with Crippen molar-refractivity contribution in [2.24, 2.45) is 5.73 Å². The zero-order valence-corrected chi connectivity index (χ0v) is 8.44. The molecule has 0 saturated heterocycles. The van der Waals surface area contributed by atoms with Crippen molar-refractivity contribution in [3.8, 4) is 0 Å². The Bertz CT molecular complexity index is 172. The normalized spacial score (nSPS) is 22.0. The molecule has 0 atom stereocenters. The summed E-state index contributed by atoms with van der Waals surface area (Å²) in [6.07, 6.45) is 7.24. The van der Waals surface area contributed by atoms with Crippen LogP contribution in [0.25, 0.3) is 0 Å². The van der Waals surface area contributed by atoms with E-state index in [4.69, 9.17) is 5.73 Å². The Morgan fingerprint density at radius 2 is 1.85 bits per heavy atom. The van der Waals surface area contributed by atoms with Crippen LogP contribution in [0.1, 0.15) is 45.4 Å². The Morgan fingerprint density at radius 3 is 2.31 bits per heavy atom. The highest BCUT2D eigenvalue weighted by Crippen LogP contribution is 2.26. The quantitative estimate of drug-likeness (QED) is 0.633. The minimum Gasteiger partial charge on any atom is -0.350 e. The summed E-state index contributed by atoms with van der Waals surface area (Å²) >= 11 is 0. The Morgan fingerprint density at radius 1 is 1.31 bits per heavy atom. The van der Waals surface area contributed by atoms with Gasteiger partial charge in [-0.15, -0.1) is 0 Å². The molecule has 0 aromatic carbocycles. The average Bonchev–Trinajstić information content (AvgIpc) is 2.30. The molecule has 13 heavy (non-hydrogen) atoms. The summed E-state index contributed by atoms with van der Waals surface area (Å²) in [5.41, 5.74) is 5.28. The molecule has 0 spiro atoms. The zero-order valence-electron chi connectivity index (χ0n) is 8.44. The molecule has 0 aromatic heterocycles. The van der Waals surface area contributed by atoms with Crippen LogP contribution in [0.5, 0.6) is 0 Å². The van der Waals surface area contributed by atoms with Crippen molar-refractivity contribution in [1.82, 2.24) is 5.32 Å². The third kappa shape index (κ3) is 3.35. The Balaban J connectivity index is 2.46. The lowest BCUT2D eigenvalue weighted by Gasteiger charge is -2.29. The lowest BCUT2D eigenvalue weighted by Crippen LogP contribution is -2.47. The summed E-state index contributed by atoms with van der Waals surface area (Å²) in [6.45, 7) is 2.24. The van der Waals surface area contributed by atoms with Crippen LogP contribution in [0.2, 0.25) is 0 Å². The van der Waals surface area contributed by atoms with Gasteiger partial charge in [-0.2, -0.15) is 0 Å². The highest BCUT2D eigenvalue weighted by atomic mass is 16.1. The molecule has 3 N–H and O–H groups in total. The lowest BCUT2D eigenvalue weighted by molar-refractivity contribution is -0.121. The monoisotopic (exact) mass is 184 g/mol. The molecule has 0 unspecified atom stereocenters. The first-order valence-corrected chi connectivity index (χ1v) is 5.17. The highest BCUT2D eigenvalue weighted by Gasteiger charge is 2.26. The molecule has 3 nitrogen and oxygen atoms in total. The molecule has 1 saturated carbocycles. The molecule has 0 aliphatic heterocycles. The Labute approximate surface area is 80.1 Å². The summed E-state index contributed by atoms with van der Waals surface area (Å²) in [5.74, 6) is -0.0237. The van der Waals surface area contributed by atoms with Gasteiger partial charge in [-0.3, -0.25) is 4.79 Å². The standard InChI is InChI=1S/C10H20N2O/c1-10(12-9(13)8-11)6-4-2-3-5-7-10/h2-8,11H2,1H3,(H,12,13). The maximum absolute atomic E-state index is 11.2. The van der Waals surface area contributed by atoms with E-state index in [0.29, 0.717) is 0 Å². The van der Waals surface area contributed by atoms with E-state index in [1.807, 2.05) is 0 Å². The van der Waals surface area contributed by atoms with Crippen LogP contribution in [-0.4, -0.2) is 18.0 Å². The molecular formula is C10H20N2O. The number of amides is 1. The Hall–Kier alpha value is -0.570. The fraction of sp³-hybridized carbons (Fsp3) is 0.900. The first-order chi connectivity index (χ1) is 6.16. The van der Waals surface area contributed by atoms with Gasteiger partial charge < -0.3 is 11.1 Å². The van der Waals surface area contributed by atoms with E-state index in [-0.39, 0.29) is 18.0 Å². The number of rotatable bonds is 2. The number of carbonyl (C=O) groups excluding carboxylic acids is 1. The van der Waals surface area contributed by atoms with Crippen LogP contribution in [0.4, 0.5) is 0 Å². The topological polar surface area (TPSA) is 55.1 Å². The van der Waals surface area contributed by atoms with Crippen molar-refractivity contribution in [3.05, 3.63) is 0 Å². The molecule has 3 heteroatoms. The molecule has 0 radical (unpaired) electrons. The van der Waals surface area contributed by atoms with Gasteiger partial charge in [0.15, 0.2) is 0 Å². The zero-order chi connectivity index (χ0) is 9.73. The van der Waals surface area contributed by atoms with Crippen molar-refractivity contribution in [2.75, 3.05) is 6.54 Å². The van der Waals surface area contributed by atoms with E-state index in [1.54, 1.807) is 0 Å². The van der Waals surface area contributed by atoms with Crippen LogP contribution in [0, 0.1) is 0 Å². The van der Waals surface area contributed by atoms with E-state index in [9.17, 15) is 4.79 Å². The van der Waals surface area contributed by atoms with Gasteiger partial charge in [0.25, 0.3) is 0 Å². The number of hydrogen-bond acceptors (Lipinski definition) is 2. The van der Waals surface area contributed by atoms with Crippen molar-refractivity contribution >= 4 is 5.91 Å². The maximum Gasteiger partial charge on any atom is 0.234 e. The first-order valence-electron chi connectivity index (χ1n) is 5.17. The van der Waals surface area contributed by atoms with Gasteiger partial charge in [0.05, 0.1) is 6.54 Å². The third-order valence-corrected chi connectivity index (χ3v) is 2.83. The predicted octanol–water partition coefficient (Wildman–Crippen LogP) is 1.17. The fourth-order valence-electron chi connectivity index (χ4n) is 2.02. The SMILES string of the molecule is CC1(NC(=O)CN)CCCCCC1. The van der Waals surface area contributed by atoms with Gasteiger partial charge in [0.1, 0.15) is 0 Å². The molecule has 0 heterocycles. The smallest absolute Gasteiger partial charge is 0.234 e. The molecule has 1 fully saturated rings. The molecule has 1 rings (SSSR count). The Kier molecular flexibility index (Phi) is 3.72. The van der Waals surface area contributed by atoms with Crippen LogP contribution >= 0.6 is 0 Å². The van der Waals surface area contributed by atoms with Crippen molar-refractivity contribution < 1.29 is 4.79 Å². The minimum absolute atomic E-state index is 0.00690. The number of nitrogens with one attached hydrogen (secondary N) is 1. The summed E-state index contributed by atoms with van der Waals surface area (Å²) in [5, 5.41) is 3.02. The van der Waals surface area contributed by atoms with Crippen LogP contribution in [0.3, 0.4) is 0 Å². The summed E-state index contributed by atoms with van der Waals surface area (Å²) in [4.78, 5) is 11.2. The summed E-state index contributed by atoms with van der Waals surface area (Å²) in [7, 11) is 0. The van der Waals surface area contributed by atoms with Gasteiger partial charge in [-0.25, -0.2) is 0 Å². The lowest BCUT2D eigenvalue weighted by atomic mass is 9.92. The fourth-order valence-corrected chi connectivity index (χ4v) is 2.02.